The van der Waals surface area contributed by atoms with E-state index in [0.717, 1.165) is 10.0 Å². The van der Waals surface area contributed by atoms with E-state index in [1.165, 1.54) is 12.1 Å². The second-order valence-corrected chi connectivity index (χ2v) is 6.07. The van der Waals surface area contributed by atoms with Crippen molar-refractivity contribution >= 4 is 27.5 Å². The number of nitrogens with one attached hydrogen (secondary N) is 1. The summed E-state index contributed by atoms with van der Waals surface area (Å²) in [7, 11) is 0. The lowest BCUT2D eigenvalue weighted by Gasteiger charge is -2.21. The van der Waals surface area contributed by atoms with E-state index in [4.69, 9.17) is 11.6 Å². The quantitative estimate of drug-likeness (QED) is 0.757. The highest BCUT2D eigenvalue weighted by atomic mass is 79.9. The predicted molar refractivity (Wildman–Crippen MR) is 85.8 cm³/mol. The van der Waals surface area contributed by atoms with Gasteiger partial charge in [-0.3, -0.25) is 0 Å². The fourth-order valence-electron chi connectivity index (χ4n) is 2.21. The molecular weight excluding hydrogens is 360 g/mol. The standard InChI is InChI=1S/C16H15BrClF2N/c1-3-21-16(11-5-4-10(18)7-13(11)17)12-8-14(19)9(2)6-15(12)20/h4-8,16,21H,3H2,1-2H3. The van der Waals surface area contributed by atoms with Crippen molar-refractivity contribution in [2.45, 2.75) is 19.9 Å². The van der Waals surface area contributed by atoms with Crippen LogP contribution in [0.2, 0.25) is 5.02 Å². The second-order valence-electron chi connectivity index (χ2n) is 4.78. The molecule has 0 radical (unpaired) electrons. The summed E-state index contributed by atoms with van der Waals surface area (Å²) in [6.45, 7) is 4.08. The van der Waals surface area contributed by atoms with Gasteiger partial charge in [-0.05, 0) is 48.9 Å². The van der Waals surface area contributed by atoms with Crippen LogP contribution >= 0.6 is 27.5 Å². The summed E-state index contributed by atoms with van der Waals surface area (Å²) in [4.78, 5) is 0. The van der Waals surface area contributed by atoms with Gasteiger partial charge in [0.2, 0.25) is 0 Å². The normalized spacial score (nSPS) is 12.5. The van der Waals surface area contributed by atoms with E-state index in [2.05, 4.69) is 21.2 Å². The van der Waals surface area contributed by atoms with E-state index in [1.54, 1.807) is 25.1 Å². The maximum Gasteiger partial charge on any atom is 0.128 e. The highest BCUT2D eigenvalue weighted by molar-refractivity contribution is 9.10. The fourth-order valence-corrected chi connectivity index (χ4v) is 3.12. The monoisotopic (exact) mass is 373 g/mol. The smallest absolute Gasteiger partial charge is 0.128 e. The molecule has 0 spiro atoms. The molecule has 2 aromatic carbocycles. The minimum absolute atomic E-state index is 0.281. The van der Waals surface area contributed by atoms with Crippen LogP contribution in [-0.2, 0) is 0 Å². The van der Waals surface area contributed by atoms with Crippen LogP contribution in [0.3, 0.4) is 0 Å². The molecule has 0 bridgehead atoms. The van der Waals surface area contributed by atoms with E-state index in [1.807, 2.05) is 6.92 Å². The Hall–Kier alpha value is -0.970. The zero-order valence-electron chi connectivity index (χ0n) is 11.7. The summed E-state index contributed by atoms with van der Waals surface area (Å²) in [6.07, 6.45) is 0. The van der Waals surface area contributed by atoms with Crippen molar-refractivity contribution in [2.24, 2.45) is 0 Å². The van der Waals surface area contributed by atoms with Crippen LogP contribution in [0, 0.1) is 18.6 Å². The molecule has 1 unspecified atom stereocenters. The molecule has 1 N–H and O–H groups in total. The van der Waals surface area contributed by atoms with E-state index in [-0.39, 0.29) is 5.56 Å². The average molecular weight is 375 g/mol. The number of halogens is 4. The Morgan fingerprint density at radius 2 is 1.86 bits per heavy atom. The van der Waals surface area contributed by atoms with Gasteiger partial charge in [-0.15, -0.1) is 0 Å². The molecule has 112 valence electrons. The van der Waals surface area contributed by atoms with Crippen LogP contribution in [0.25, 0.3) is 0 Å². The van der Waals surface area contributed by atoms with Crippen molar-refractivity contribution in [3.8, 4) is 0 Å². The first-order chi connectivity index (χ1) is 9.93. The molecule has 2 rings (SSSR count). The zero-order chi connectivity index (χ0) is 15.6. The maximum absolute atomic E-state index is 14.3. The van der Waals surface area contributed by atoms with Gasteiger partial charge < -0.3 is 5.32 Å². The summed E-state index contributed by atoms with van der Waals surface area (Å²) < 4.78 is 28.8. The molecule has 0 fully saturated rings. The Morgan fingerprint density at radius 1 is 1.14 bits per heavy atom. The first kappa shape index (κ1) is 16.4. The van der Waals surface area contributed by atoms with E-state index in [9.17, 15) is 8.78 Å². The fraction of sp³-hybridized carbons (Fsp3) is 0.250. The van der Waals surface area contributed by atoms with Gasteiger partial charge in [-0.1, -0.05) is 40.5 Å². The third kappa shape index (κ3) is 3.62. The number of benzene rings is 2. The van der Waals surface area contributed by atoms with E-state index in [0.29, 0.717) is 17.1 Å². The summed E-state index contributed by atoms with van der Waals surface area (Å²) in [5, 5.41) is 3.76. The van der Waals surface area contributed by atoms with Gasteiger partial charge in [0.05, 0.1) is 6.04 Å². The lowest BCUT2D eigenvalue weighted by atomic mass is 9.97. The van der Waals surface area contributed by atoms with Crippen molar-refractivity contribution in [1.29, 1.82) is 0 Å². The van der Waals surface area contributed by atoms with Gasteiger partial charge in [-0.2, -0.15) is 0 Å². The number of rotatable bonds is 4. The number of aryl methyl sites for hydroxylation is 1. The van der Waals surface area contributed by atoms with E-state index < -0.39 is 17.7 Å². The van der Waals surface area contributed by atoms with Crippen LogP contribution < -0.4 is 5.32 Å². The third-order valence-electron chi connectivity index (χ3n) is 3.27. The number of hydrogen-bond donors (Lipinski definition) is 1. The molecule has 0 saturated carbocycles. The van der Waals surface area contributed by atoms with Gasteiger partial charge in [0.1, 0.15) is 11.6 Å². The highest BCUT2D eigenvalue weighted by Crippen LogP contribution is 2.32. The minimum Gasteiger partial charge on any atom is -0.306 e. The number of hydrogen-bond acceptors (Lipinski definition) is 1. The lowest BCUT2D eigenvalue weighted by molar-refractivity contribution is 0.540. The Kier molecular flexibility index (Phi) is 5.36. The molecule has 5 heteroatoms. The molecule has 0 saturated heterocycles. The van der Waals surface area contributed by atoms with Gasteiger partial charge in [-0.25, -0.2) is 8.78 Å². The highest BCUT2D eigenvalue weighted by Gasteiger charge is 2.21. The van der Waals surface area contributed by atoms with Crippen LogP contribution in [-0.4, -0.2) is 6.54 Å². The van der Waals surface area contributed by atoms with Crippen molar-refractivity contribution < 1.29 is 8.78 Å². The van der Waals surface area contributed by atoms with Crippen molar-refractivity contribution in [3.63, 3.8) is 0 Å². The average Bonchev–Trinajstić information content (AvgIpc) is 2.41. The third-order valence-corrected chi connectivity index (χ3v) is 4.19. The first-order valence-electron chi connectivity index (χ1n) is 6.58. The molecule has 1 nitrogen and oxygen atoms in total. The topological polar surface area (TPSA) is 12.0 Å². The molecule has 0 aliphatic carbocycles. The summed E-state index contributed by atoms with van der Waals surface area (Å²) in [5.41, 5.74) is 1.38. The van der Waals surface area contributed by atoms with E-state index >= 15 is 0 Å². The molecule has 0 aliphatic rings. The van der Waals surface area contributed by atoms with Crippen LogP contribution in [0.4, 0.5) is 8.78 Å². The molecule has 0 aliphatic heterocycles. The zero-order valence-corrected chi connectivity index (χ0v) is 14.0. The van der Waals surface area contributed by atoms with Gasteiger partial charge in [0.15, 0.2) is 0 Å². The lowest BCUT2D eigenvalue weighted by Crippen LogP contribution is -2.23. The van der Waals surface area contributed by atoms with Crippen LogP contribution in [0.5, 0.6) is 0 Å². The Morgan fingerprint density at radius 3 is 2.48 bits per heavy atom. The summed E-state index contributed by atoms with van der Waals surface area (Å²) in [5.74, 6) is -0.846. The molecule has 0 heterocycles. The van der Waals surface area contributed by atoms with Crippen LogP contribution in [0.1, 0.15) is 29.7 Å². The molecule has 0 amide bonds. The van der Waals surface area contributed by atoms with Gasteiger partial charge in [0.25, 0.3) is 0 Å². The Balaban J connectivity index is 2.55. The Labute approximate surface area is 136 Å². The molecular formula is C16H15BrClF2N. The molecule has 0 aromatic heterocycles. The Bertz CT molecular complexity index is 661. The van der Waals surface area contributed by atoms with Gasteiger partial charge >= 0.3 is 0 Å². The van der Waals surface area contributed by atoms with Crippen molar-refractivity contribution in [2.75, 3.05) is 6.54 Å². The van der Waals surface area contributed by atoms with Crippen LogP contribution in [0.15, 0.2) is 34.8 Å². The molecule has 1 atom stereocenters. The molecule has 2 aromatic rings. The van der Waals surface area contributed by atoms with Crippen molar-refractivity contribution in [3.05, 3.63) is 68.2 Å². The minimum atomic E-state index is -0.447. The molecule has 21 heavy (non-hydrogen) atoms. The summed E-state index contributed by atoms with van der Waals surface area (Å²) >= 11 is 9.37. The second kappa shape index (κ2) is 6.86. The van der Waals surface area contributed by atoms with Gasteiger partial charge in [0, 0.05) is 15.1 Å². The SMILES string of the molecule is CCNC(c1cc(F)c(C)cc1F)c1ccc(Cl)cc1Br. The predicted octanol–water partition coefficient (Wildman–Crippen LogP) is 5.39. The summed E-state index contributed by atoms with van der Waals surface area (Å²) in [6, 6.07) is 7.30. The largest absolute Gasteiger partial charge is 0.306 e. The maximum atomic E-state index is 14.3. The first-order valence-corrected chi connectivity index (χ1v) is 7.75. The van der Waals surface area contributed by atoms with Crippen molar-refractivity contribution in [1.82, 2.24) is 5.32 Å².